The molecule has 3 heteroatoms. The summed E-state index contributed by atoms with van der Waals surface area (Å²) in [7, 11) is 0. The van der Waals surface area contributed by atoms with Gasteiger partial charge in [-0.2, -0.15) is 0 Å². The first-order valence-corrected chi connectivity index (χ1v) is 7.35. The maximum absolute atomic E-state index is 12.5. The molecule has 0 N–H and O–H groups in total. The van der Waals surface area contributed by atoms with Crippen molar-refractivity contribution in [3.05, 3.63) is 63.6 Å². The molecule has 2 nitrogen and oxygen atoms in total. The first-order chi connectivity index (χ1) is 9.49. The Labute approximate surface area is 127 Å². The van der Waals surface area contributed by atoms with E-state index in [4.69, 9.17) is 4.74 Å². The van der Waals surface area contributed by atoms with E-state index in [9.17, 15) is 4.79 Å². The van der Waals surface area contributed by atoms with E-state index in [1.54, 1.807) is 12.1 Å². The Kier molecular flexibility index (Phi) is 4.61. The van der Waals surface area contributed by atoms with E-state index >= 15 is 0 Å². The summed E-state index contributed by atoms with van der Waals surface area (Å²) in [6, 6.07) is 13.0. The van der Waals surface area contributed by atoms with Gasteiger partial charge in [0.1, 0.15) is 5.75 Å². The molecule has 0 aliphatic carbocycles. The fourth-order valence-electron chi connectivity index (χ4n) is 1.94. The lowest BCUT2D eigenvalue weighted by Crippen LogP contribution is -2.06. The second kappa shape index (κ2) is 6.23. The highest BCUT2D eigenvalue weighted by atomic mass is 79.9. The van der Waals surface area contributed by atoms with Crippen LogP contribution in [0.2, 0.25) is 0 Å². The molecule has 0 fully saturated rings. The topological polar surface area (TPSA) is 26.3 Å². The highest BCUT2D eigenvalue weighted by Crippen LogP contribution is 2.24. The van der Waals surface area contributed by atoms with Crippen molar-refractivity contribution in [1.82, 2.24) is 0 Å². The lowest BCUT2D eigenvalue weighted by atomic mass is 10.0. The number of carbonyl (C=O) groups is 1. The molecule has 0 aliphatic heterocycles. The first-order valence-electron chi connectivity index (χ1n) is 6.55. The Hall–Kier alpha value is -1.61. The van der Waals surface area contributed by atoms with E-state index in [1.165, 1.54) is 0 Å². The molecular weight excluding hydrogens is 316 g/mol. The molecule has 20 heavy (non-hydrogen) atoms. The summed E-state index contributed by atoms with van der Waals surface area (Å²) in [6.07, 6.45) is 0.127. The van der Waals surface area contributed by atoms with Crippen molar-refractivity contribution in [2.24, 2.45) is 0 Å². The molecular formula is C17H17BrO2. The smallest absolute Gasteiger partial charge is 0.194 e. The highest BCUT2D eigenvalue weighted by Gasteiger charge is 2.13. The van der Waals surface area contributed by atoms with Gasteiger partial charge in [-0.25, -0.2) is 0 Å². The van der Waals surface area contributed by atoms with Gasteiger partial charge in [-0.3, -0.25) is 4.79 Å². The van der Waals surface area contributed by atoms with E-state index in [2.05, 4.69) is 15.9 Å². The first kappa shape index (κ1) is 14.8. The molecule has 0 amide bonds. The zero-order valence-corrected chi connectivity index (χ0v) is 13.4. The predicted octanol–water partition coefficient (Wildman–Crippen LogP) is 4.78. The predicted molar refractivity (Wildman–Crippen MR) is 84.5 cm³/mol. The summed E-state index contributed by atoms with van der Waals surface area (Å²) in [4.78, 5) is 12.5. The van der Waals surface area contributed by atoms with Crippen molar-refractivity contribution in [2.45, 2.75) is 26.9 Å². The second-order valence-corrected chi connectivity index (χ2v) is 5.75. The molecule has 2 aromatic carbocycles. The fourth-order valence-corrected chi connectivity index (χ4v) is 2.38. The molecule has 0 aliphatic rings. The van der Waals surface area contributed by atoms with Gasteiger partial charge in [0.15, 0.2) is 5.78 Å². The van der Waals surface area contributed by atoms with Gasteiger partial charge in [0, 0.05) is 15.6 Å². The molecule has 0 unspecified atom stereocenters. The Bertz CT molecular complexity index is 615. The van der Waals surface area contributed by atoms with Crippen LogP contribution >= 0.6 is 15.9 Å². The van der Waals surface area contributed by atoms with Crippen molar-refractivity contribution in [3.63, 3.8) is 0 Å². The molecule has 104 valence electrons. The Morgan fingerprint density at radius 3 is 2.35 bits per heavy atom. The van der Waals surface area contributed by atoms with E-state index in [1.807, 2.05) is 51.1 Å². The van der Waals surface area contributed by atoms with Crippen LogP contribution in [0, 0.1) is 6.92 Å². The third-order valence-electron chi connectivity index (χ3n) is 2.92. The summed E-state index contributed by atoms with van der Waals surface area (Å²) >= 11 is 3.48. The van der Waals surface area contributed by atoms with Gasteiger partial charge < -0.3 is 4.74 Å². The molecule has 0 bridgehead atoms. The van der Waals surface area contributed by atoms with E-state index < -0.39 is 0 Å². The third-order valence-corrected chi connectivity index (χ3v) is 3.98. The second-order valence-electron chi connectivity index (χ2n) is 4.96. The van der Waals surface area contributed by atoms with E-state index in [0.29, 0.717) is 11.1 Å². The Balaban J connectivity index is 2.27. The number of ether oxygens (including phenoxy) is 1. The minimum absolute atomic E-state index is 0.0108. The zero-order valence-electron chi connectivity index (χ0n) is 11.8. The van der Waals surface area contributed by atoms with Crippen molar-refractivity contribution in [3.8, 4) is 5.75 Å². The average Bonchev–Trinajstić information content (AvgIpc) is 2.41. The largest absolute Gasteiger partial charge is 0.491 e. The molecule has 0 saturated carbocycles. The van der Waals surface area contributed by atoms with Gasteiger partial charge in [-0.1, -0.05) is 12.1 Å². The molecule has 0 atom stereocenters. The van der Waals surface area contributed by atoms with Gasteiger partial charge >= 0.3 is 0 Å². The quantitative estimate of drug-likeness (QED) is 0.753. The number of ketones is 1. The number of carbonyl (C=O) groups excluding carboxylic acids is 1. The van der Waals surface area contributed by atoms with Gasteiger partial charge in [0.25, 0.3) is 0 Å². The molecule has 0 spiro atoms. The van der Waals surface area contributed by atoms with Gasteiger partial charge in [0.05, 0.1) is 6.10 Å². The van der Waals surface area contributed by atoms with E-state index in [-0.39, 0.29) is 11.9 Å². The highest BCUT2D eigenvalue weighted by molar-refractivity contribution is 9.10. The van der Waals surface area contributed by atoms with Crippen LogP contribution in [0.25, 0.3) is 0 Å². The number of rotatable bonds is 4. The van der Waals surface area contributed by atoms with Crippen LogP contribution in [0.4, 0.5) is 0 Å². The van der Waals surface area contributed by atoms with Crippen LogP contribution in [0.3, 0.4) is 0 Å². The maximum atomic E-state index is 12.5. The minimum Gasteiger partial charge on any atom is -0.491 e. The lowest BCUT2D eigenvalue weighted by molar-refractivity contribution is 0.103. The SMILES string of the molecule is Cc1cccc(C(=O)c2ccc(OC(C)C)cc2)c1Br. The van der Waals surface area contributed by atoms with Crippen LogP contribution in [0.15, 0.2) is 46.9 Å². The number of halogens is 1. The number of hydrogen-bond acceptors (Lipinski definition) is 2. The van der Waals surface area contributed by atoms with Gasteiger partial charge in [0.2, 0.25) is 0 Å². The molecule has 0 heterocycles. The molecule has 0 radical (unpaired) electrons. The van der Waals surface area contributed by atoms with Crippen molar-refractivity contribution >= 4 is 21.7 Å². The summed E-state index contributed by atoms with van der Waals surface area (Å²) in [6.45, 7) is 5.92. The standard InChI is InChI=1S/C17H17BrO2/c1-11(2)20-14-9-7-13(8-10-14)17(19)15-6-4-5-12(3)16(15)18/h4-11H,1-3H3. The molecule has 0 saturated heterocycles. The maximum Gasteiger partial charge on any atom is 0.194 e. The van der Waals surface area contributed by atoms with Gasteiger partial charge in [-0.05, 0) is 72.6 Å². The monoisotopic (exact) mass is 332 g/mol. The van der Waals surface area contributed by atoms with E-state index in [0.717, 1.165) is 15.8 Å². The molecule has 0 aromatic heterocycles. The third kappa shape index (κ3) is 3.28. The van der Waals surface area contributed by atoms with Crippen LogP contribution in [-0.4, -0.2) is 11.9 Å². The lowest BCUT2D eigenvalue weighted by Gasteiger charge is -2.10. The van der Waals surface area contributed by atoms with Crippen molar-refractivity contribution in [1.29, 1.82) is 0 Å². The summed E-state index contributed by atoms with van der Waals surface area (Å²) in [5, 5.41) is 0. The Morgan fingerprint density at radius 1 is 1.10 bits per heavy atom. The number of benzene rings is 2. The summed E-state index contributed by atoms with van der Waals surface area (Å²) in [5.74, 6) is 0.788. The fraction of sp³-hybridized carbons (Fsp3) is 0.235. The Morgan fingerprint density at radius 2 is 1.75 bits per heavy atom. The minimum atomic E-state index is 0.0108. The normalized spacial score (nSPS) is 10.7. The van der Waals surface area contributed by atoms with Crippen molar-refractivity contribution < 1.29 is 9.53 Å². The summed E-state index contributed by atoms with van der Waals surface area (Å²) in [5.41, 5.74) is 2.39. The molecule has 2 aromatic rings. The number of aryl methyl sites for hydroxylation is 1. The number of hydrogen-bond donors (Lipinski definition) is 0. The van der Waals surface area contributed by atoms with Crippen molar-refractivity contribution in [2.75, 3.05) is 0 Å². The molecule has 2 rings (SSSR count). The average molecular weight is 333 g/mol. The van der Waals surface area contributed by atoms with Crippen LogP contribution < -0.4 is 4.74 Å². The van der Waals surface area contributed by atoms with Crippen LogP contribution in [0.5, 0.6) is 5.75 Å². The van der Waals surface area contributed by atoms with Crippen LogP contribution in [0.1, 0.15) is 35.3 Å². The van der Waals surface area contributed by atoms with Crippen LogP contribution in [-0.2, 0) is 0 Å². The zero-order chi connectivity index (χ0) is 14.7. The summed E-state index contributed by atoms with van der Waals surface area (Å²) < 4.78 is 6.43. The van der Waals surface area contributed by atoms with Gasteiger partial charge in [-0.15, -0.1) is 0 Å².